The van der Waals surface area contributed by atoms with Crippen LogP contribution in [0.4, 0.5) is 0 Å². The summed E-state index contributed by atoms with van der Waals surface area (Å²) >= 11 is 1.56. The van der Waals surface area contributed by atoms with Gasteiger partial charge in [0.1, 0.15) is 11.2 Å². The number of tetrazole rings is 1. The van der Waals surface area contributed by atoms with Gasteiger partial charge in [-0.2, -0.15) is 0 Å². The minimum Gasteiger partial charge on any atom is -0.225 e. The second-order valence-corrected chi connectivity index (χ2v) is 5.50. The molecule has 21 heavy (non-hydrogen) atoms. The van der Waals surface area contributed by atoms with Gasteiger partial charge in [0.2, 0.25) is 5.82 Å². The second-order valence-electron chi connectivity index (χ2n) is 4.61. The van der Waals surface area contributed by atoms with Gasteiger partial charge in [0.25, 0.3) is 0 Å². The number of hydrogen-bond acceptors (Lipinski definition) is 6. The first kappa shape index (κ1) is 12.1. The SMILES string of the molecule is Cc1ccc(-c2nnn(-c3ncnc4sccc34)n2)cc1. The Morgan fingerprint density at radius 1 is 1.05 bits per heavy atom. The first-order chi connectivity index (χ1) is 10.3. The topological polar surface area (TPSA) is 69.4 Å². The number of fused-ring (bicyclic) bond motifs is 1. The number of aromatic nitrogens is 6. The fourth-order valence-electron chi connectivity index (χ4n) is 2.06. The van der Waals surface area contributed by atoms with E-state index in [0.717, 1.165) is 15.8 Å². The van der Waals surface area contributed by atoms with Crippen molar-refractivity contribution in [1.29, 1.82) is 0 Å². The summed E-state index contributed by atoms with van der Waals surface area (Å²) in [6.07, 6.45) is 1.52. The van der Waals surface area contributed by atoms with Crippen molar-refractivity contribution in [3.8, 4) is 17.2 Å². The molecule has 0 N–H and O–H groups in total. The predicted octanol–water partition coefficient (Wildman–Crippen LogP) is 2.64. The van der Waals surface area contributed by atoms with E-state index in [1.165, 1.54) is 16.7 Å². The van der Waals surface area contributed by atoms with Crippen LogP contribution in [0.5, 0.6) is 0 Å². The van der Waals surface area contributed by atoms with Gasteiger partial charge in [0.05, 0.1) is 5.39 Å². The maximum atomic E-state index is 4.42. The van der Waals surface area contributed by atoms with E-state index in [-0.39, 0.29) is 0 Å². The summed E-state index contributed by atoms with van der Waals surface area (Å²) in [4.78, 5) is 10.8. The highest BCUT2D eigenvalue weighted by atomic mass is 32.1. The lowest BCUT2D eigenvalue weighted by atomic mass is 10.1. The average molecular weight is 294 g/mol. The second kappa shape index (κ2) is 4.71. The molecule has 7 heteroatoms. The molecule has 0 bridgehead atoms. The summed E-state index contributed by atoms with van der Waals surface area (Å²) in [5, 5.41) is 15.5. The number of hydrogen-bond donors (Lipinski definition) is 0. The molecule has 0 fully saturated rings. The molecule has 0 amide bonds. The van der Waals surface area contributed by atoms with Crippen LogP contribution in [0.25, 0.3) is 27.4 Å². The molecule has 0 aliphatic heterocycles. The van der Waals surface area contributed by atoms with Crippen LogP contribution in [0.1, 0.15) is 5.56 Å². The van der Waals surface area contributed by atoms with Crippen LogP contribution in [0, 0.1) is 6.92 Å². The summed E-state index contributed by atoms with van der Waals surface area (Å²) < 4.78 is 0. The maximum absolute atomic E-state index is 4.42. The first-order valence-corrected chi connectivity index (χ1v) is 7.25. The summed E-state index contributed by atoms with van der Waals surface area (Å²) in [6, 6.07) is 9.98. The fraction of sp³-hybridized carbons (Fsp3) is 0.0714. The van der Waals surface area contributed by atoms with Crippen molar-refractivity contribution in [2.24, 2.45) is 0 Å². The summed E-state index contributed by atoms with van der Waals surface area (Å²) in [5.74, 6) is 1.23. The van der Waals surface area contributed by atoms with Crippen molar-refractivity contribution in [3.63, 3.8) is 0 Å². The van der Waals surface area contributed by atoms with Crippen LogP contribution in [0.2, 0.25) is 0 Å². The van der Waals surface area contributed by atoms with Gasteiger partial charge in [-0.3, -0.25) is 0 Å². The van der Waals surface area contributed by atoms with Gasteiger partial charge >= 0.3 is 0 Å². The molecule has 0 unspecified atom stereocenters. The molecule has 4 aromatic rings. The Kier molecular flexibility index (Phi) is 2.71. The van der Waals surface area contributed by atoms with E-state index in [0.29, 0.717) is 11.6 Å². The molecule has 4 rings (SSSR count). The molecule has 0 saturated carbocycles. The van der Waals surface area contributed by atoms with E-state index in [1.807, 2.05) is 42.6 Å². The highest BCUT2D eigenvalue weighted by molar-refractivity contribution is 7.16. The van der Waals surface area contributed by atoms with Crippen LogP contribution in [-0.2, 0) is 0 Å². The largest absolute Gasteiger partial charge is 0.225 e. The summed E-state index contributed by atoms with van der Waals surface area (Å²) in [5.41, 5.74) is 2.13. The Hall–Kier alpha value is -2.67. The van der Waals surface area contributed by atoms with Crippen molar-refractivity contribution >= 4 is 21.6 Å². The lowest BCUT2D eigenvalue weighted by Crippen LogP contribution is -2.02. The minimum absolute atomic E-state index is 0.581. The van der Waals surface area contributed by atoms with Crippen molar-refractivity contribution in [2.45, 2.75) is 6.92 Å². The molecule has 1 aromatic carbocycles. The van der Waals surface area contributed by atoms with E-state index >= 15 is 0 Å². The summed E-state index contributed by atoms with van der Waals surface area (Å²) in [6.45, 7) is 2.04. The number of benzene rings is 1. The van der Waals surface area contributed by atoms with Crippen molar-refractivity contribution < 1.29 is 0 Å². The third-order valence-electron chi connectivity index (χ3n) is 3.15. The number of thiophene rings is 1. The Balaban J connectivity index is 1.81. The first-order valence-electron chi connectivity index (χ1n) is 6.37. The molecule has 102 valence electrons. The Morgan fingerprint density at radius 3 is 2.76 bits per heavy atom. The average Bonchev–Trinajstić information content (AvgIpc) is 3.16. The molecule has 3 aromatic heterocycles. The lowest BCUT2D eigenvalue weighted by molar-refractivity contribution is 0.705. The van der Waals surface area contributed by atoms with E-state index in [2.05, 4.69) is 25.4 Å². The highest BCUT2D eigenvalue weighted by Crippen LogP contribution is 2.22. The molecule has 3 heterocycles. The zero-order valence-electron chi connectivity index (χ0n) is 11.1. The molecule has 6 nitrogen and oxygen atoms in total. The number of nitrogens with zero attached hydrogens (tertiary/aromatic N) is 6. The van der Waals surface area contributed by atoms with Gasteiger partial charge in [0.15, 0.2) is 5.82 Å². The smallest absolute Gasteiger partial charge is 0.205 e. The van der Waals surface area contributed by atoms with Crippen LogP contribution in [-0.4, -0.2) is 30.2 Å². The zero-order valence-corrected chi connectivity index (χ0v) is 11.9. The van der Waals surface area contributed by atoms with Gasteiger partial charge in [-0.1, -0.05) is 29.8 Å². The Morgan fingerprint density at radius 2 is 1.90 bits per heavy atom. The third-order valence-corrected chi connectivity index (χ3v) is 3.97. The Labute approximate surface area is 124 Å². The number of rotatable bonds is 2. The van der Waals surface area contributed by atoms with Gasteiger partial charge in [-0.25, -0.2) is 9.97 Å². The summed E-state index contributed by atoms with van der Waals surface area (Å²) in [7, 11) is 0. The molecular formula is C14H10N6S. The maximum Gasteiger partial charge on any atom is 0.205 e. The van der Waals surface area contributed by atoms with Crippen molar-refractivity contribution in [1.82, 2.24) is 30.2 Å². The molecule has 0 spiro atoms. The van der Waals surface area contributed by atoms with Crippen LogP contribution < -0.4 is 0 Å². The molecule has 0 saturated heterocycles. The molecule has 0 aliphatic rings. The highest BCUT2D eigenvalue weighted by Gasteiger charge is 2.12. The standard InChI is InChI=1S/C14H10N6S/c1-9-2-4-10(5-3-9)12-17-19-20(18-12)13-11-6-7-21-14(11)16-8-15-13/h2-8H,1H3. The van der Waals surface area contributed by atoms with Crippen LogP contribution in [0.3, 0.4) is 0 Å². The molecule has 0 aliphatic carbocycles. The van der Waals surface area contributed by atoms with Gasteiger partial charge in [0, 0.05) is 5.56 Å². The number of aryl methyl sites for hydroxylation is 1. The fourth-order valence-corrected chi connectivity index (χ4v) is 2.79. The van der Waals surface area contributed by atoms with Crippen molar-refractivity contribution in [3.05, 3.63) is 47.6 Å². The normalized spacial score (nSPS) is 11.1. The third kappa shape index (κ3) is 2.07. The monoisotopic (exact) mass is 294 g/mol. The van der Waals surface area contributed by atoms with E-state index < -0.39 is 0 Å². The van der Waals surface area contributed by atoms with Crippen molar-refractivity contribution in [2.75, 3.05) is 0 Å². The molecular weight excluding hydrogens is 284 g/mol. The van der Waals surface area contributed by atoms with Gasteiger partial charge in [-0.05, 0) is 23.6 Å². The van der Waals surface area contributed by atoms with E-state index in [9.17, 15) is 0 Å². The molecule has 0 atom stereocenters. The zero-order chi connectivity index (χ0) is 14.2. The van der Waals surface area contributed by atoms with E-state index in [1.54, 1.807) is 11.3 Å². The van der Waals surface area contributed by atoms with E-state index in [4.69, 9.17) is 0 Å². The quantitative estimate of drug-likeness (QED) is 0.568. The van der Waals surface area contributed by atoms with Crippen LogP contribution in [0.15, 0.2) is 42.0 Å². The van der Waals surface area contributed by atoms with Gasteiger partial charge < -0.3 is 0 Å². The van der Waals surface area contributed by atoms with Crippen LogP contribution >= 0.6 is 11.3 Å². The van der Waals surface area contributed by atoms with Gasteiger partial charge in [-0.15, -0.1) is 26.3 Å². The minimum atomic E-state index is 0.581. The lowest BCUT2D eigenvalue weighted by Gasteiger charge is -1.98. The Bertz CT molecular complexity index is 909. The predicted molar refractivity (Wildman–Crippen MR) is 80.3 cm³/mol. The molecule has 0 radical (unpaired) electrons.